The Labute approximate surface area is 173 Å². The lowest BCUT2D eigenvalue weighted by Crippen LogP contribution is -2.29. The lowest BCUT2D eigenvalue weighted by molar-refractivity contribution is -0.139. The highest BCUT2D eigenvalue weighted by atomic mass is 16.5. The number of hydrogen-bond donors (Lipinski definition) is 0. The summed E-state index contributed by atoms with van der Waals surface area (Å²) in [5, 5.41) is 0. The fraction of sp³-hybridized carbons (Fsp3) is 0.273. The minimum Gasteiger partial charge on any atom is -0.495 e. The average Bonchev–Trinajstić information content (AvgIpc) is 3.30. The molecule has 0 bridgehead atoms. The van der Waals surface area contributed by atoms with E-state index in [1.165, 1.54) is 18.1 Å². The van der Waals surface area contributed by atoms with Crippen LogP contribution in [0.25, 0.3) is 0 Å². The Bertz CT molecular complexity index is 1020. The van der Waals surface area contributed by atoms with Crippen LogP contribution >= 0.6 is 0 Å². The van der Waals surface area contributed by atoms with Crippen LogP contribution in [-0.2, 0) is 19.2 Å². The quantitative estimate of drug-likeness (QED) is 0.428. The van der Waals surface area contributed by atoms with E-state index in [0.717, 1.165) is 4.90 Å². The van der Waals surface area contributed by atoms with Gasteiger partial charge in [0.15, 0.2) is 0 Å². The van der Waals surface area contributed by atoms with Crippen molar-refractivity contribution in [1.82, 2.24) is 0 Å². The van der Waals surface area contributed by atoms with E-state index < -0.39 is 11.9 Å². The summed E-state index contributed by atoms with van der Waals surface area (Å²) in [5.41, 5.74) is 0.972. The van der Waals surface area contributed by atoms with Gasteiger partial charge >= 0.3 is 5.97 Å². The van der Waals surface area contributed by atoms with Gasteiger partial charge in [-0.1, -0.05) is 18.2 Å². The number of anilines is 2. The van der Waals surface area contributed by atoms with Gasteiger partial charge in [-0.2, -0.15) is 0 Å². The second-order valence-corrected chi connectivity index (χ2v) is 7.12. The molecular weight excluding hydrogens is 388 g/mol. The predicted molar refractivity (Wildman–Crippen MR) is 107 cm³/mol. The molecule has 8 nitrogen and oxygen atoms in total. The Balaban J connectivity index is 1.47. The largest absolute Gasteiger partial charge is 0.495 e. The Hall–Kier alpha value is -3.68. The van der Waals surface area contributed by atoms with Crippen molar-refractivity contribution in [1.29, 1.82) is 0 Å². The molecule has 2 saturated heterocycles. The van der Waals surface area contributed by atoms with Gasteiger partial charge in [0.1, 0.15) is 11.5 Å². The molecule has 2 heterocycles. The van der Waals surface area contributed by atoms with Gasteiger partial charge < -0.3 is 14.4 Å². The number of hydrogen-bond acceptors (Lipinski definition) is 6. The van der Waals surface area contributed by atoms with E-state index >= 15 is 0 Å². The summed E-state index contributed by atoms with van der Waals surface area (Å²) in [6.45, 7) is 0.181. The molecule has 2 fully saturated rings. The number of benzene rings is 2. The molecule has 4 rings (SSSR count). The van der Waals surface area contributed by atoms with Gasteiger partial charge in [-0.3, -0.25) is 24.1 Å². The van der Waals surface area contributed by atoms with Crippen LogP contribution in [0.1, 0.15) is 19.3 Å². The molecule has 0 saturated carbocycles. The van der Waals surface area contributed by atoms with E-state index in [1.807, 2.05) is 0 Å². The van der Waals surface area contributed by atoms with Crippen molar-refractivity contribution >= 4 is 35.1 Å². The molecule has 0 aliphatic carbocycles. The Morgan fingerprint density at radius 1 is 0.967 bits per heavy atom. The van der Waals surface area contributed by atoms with E-state index in [4.69, 9.17) is 9.47 Å². The van der Waals surface area contributed by atoms with Gasteiger partial charge in [0.05, 0.1) is 24.4 Å². The third-order valence-corrected chi connectivity index (χ3v) is 5.18. The number of esters is 1. The van der Waals surface area contributed by atoms with Crippen molar-refractivity contribution in [3.05, 3.63) is 48.5 Å². The molecule has 2 aliphatic rings. The van der Waals surface area contributed by atoms with Gasteiger partial charge in [-0.15, -0.1) is 0 Å². The van der Waals surface area contributed by atoms with Crippen LogP contribution in [0.4, 0.5) is 11.4 Å². The van der Waals surface area contributed by atoms with Gasteiger partial charge in [-0.05, 0) is 24.3 Å². The Kier molecular flexibility index (Phi) is 5.22. The normalized spacial score (nSPS) is 18.8. The highest BCUT2D eigenvalue weighted by Gasteiger charge is 2.37. The zero-order valence-corrected chi connectivity index (χ0v) is 16.4. The topological polar surface area (TPSA) is 93.2 Å². The van der Waals surface area contributed by atoms with Gasteiger partial charge in [0.25, 0.3) is 0 Å². The number of carbonyl (C=O) groups is 4. The smallest absolute Gasteiger partial charge is 0.316 e. The highest BCUT2D eigenvalue weighted by molar-refractivity contribution is 6.19. The maximum atomic E-state index is 12.7. The maximum absolute atomic E-state index is 12.7. The number of imide groups is 1. The van der Waals surface area contributed by atoms with Crippen molar-refractivity contribution in [2.24, 2.45) is 5.92 Å². The summed E-state index contributed by atoms with van der Waals surface area (Å²) >= 11 is 0. The first-order valence-corrected chi connectivity index (χ1v) is 9.59. The molecule has 154 valence electrons. The summed E-state index contributed by atoms with van der Waals surface area (Å²) in [7, 11) is 1.52. The molecule has 0 aromatic heterocycles. The van der Waals surface area contributed by atoms with Gasteiger partial charge in [-0.25, -0.2) is 0 Å². The van der Waals surface area contributed by atoms with Crippen molar-refractivity contribution in [3.63, 3.8) is 0 Å². The van der Waals surface area contributed by atoms with Crippen LogP contribution < -0.4 is 19.3 Å². The molecule has 3 amide bonds. The van der Waals surface area contributed by atoms with E-state index in [1.54, 1.807) is 42.5 Å². The van der Waals surface area contributed by atoms with Crippen LogP contribution in [0.2, 0.25) is 0 Å². The van der Waals surface area contributed by atoms with Crippen LogP contribution in [0, 0.1) is 5.92 Å². The van der Waals surface area contributed by atoms with Crippen molar-refractivity contribution in [2.45, 2.75) is 19.3 Å². The number of carbonyl (C=O) groups excluding carboxylic acids is 4. The lowest BCUT2D eigenvalue weighted by atomic mass is 10.1. The Morgan fingerprint density at radius 2 is 1.70 bits per heavy atom. The molecule has 2 aromatic rings. The first-order chi connectivity index (χ1) is 14.5. The van der Waals surface area contributed by atoms with E-state index in [0.29, 0.717) is 17.1 Å². The van der Waals surface area contributed by atoms with Crippen molar-refractivity contribution in [2.75, 3.05) is 23.5 Å². The first kappa shape index (κ1) is 19.6. The number of methoxy groups -OCH3 is 1. The molecule has 30 heavy (non-hydrogen) atoms. The zero-order chi connectivity index (χ0) is 21.3. The van der Waals surface area contributed by atoms with Crippen LogP contribution in [0.5, 0.6) is 11.5 Å². The molecule has 0 unspecified atom stereocenters. The number of ether oxygens (including phenoxy) is 2. The average molecular weight is 408 g/mol. The molecule has 1 atom stereocenters. The number of para-hydroxylation sites is 2. The standard InChI is InChI=1S/C22H20N2O6/c1-29-18-8-3-2-7-17(18)23-13-14(11-21(23)27)22(28)30-16-6-4-5-15(12-16)24-19(25)9-10-20(24)26/h2-8,12,14H,9-11,13H2,1H3/t14-/m1/s1. The molecule has 2 aliphatic heterocycles. The second kappa shape index (κ2) is 7.98. The van der Waals surface area contributed by atoms with E-state index in [9.17, 15) is 19.2 Å². The molecular formula is C22H20N2O6. The fourth-order valence-electron chi connectivity index (χ4n) is 3.70. The number of amides is 3. The summed E-state index contributed by atoms with van der Waals surface area (Å²) in [6, 6.07) is 13.4. The van der Waals surface area contributed by atoms with Crippen LogP contribution in [0.3, 0.4) is 0 Å². The monoisotopic (exact) mass is 408 g/mol. The summed E-state index contributed by atoms with van der Waals surface area (Å²) in [5.74, 6) is -1.17. The number of nitrogens with zero attached hydrogens (tertiary/aromatic N) is 2. The van der Waals surface area contributed by atoms with E-state index in [2.05, 4.69) is 0 Å². The Morgan fingerprint density at radius 3 is 2.43 bits per heavy atom. The van der Waals surface area contributed by atoms with Crippen LogP contribution in [-0.4, -0.2) is 37.3 Å². The van der Waals surface area contributed by atoms with Crippen molar-refractivity contribution < 1.29 is 28.7 Å². The lowest BCUT2D eigenvalue weighted by Gasteiger charge is -2.19. The van der Waals surface area contributed by atoms with Gasteiger partial charge in [0.2, 0.25) is 17.7 Å². The number of rotatable bonds is 5. The molecule has 2 aromatic carbocycles. The molecule has 8 heteroatoms. The third kappa shape index (κ3) is 3.63. The minimum atomic E-state index is -0.638. The van der Waals surface area contributed by atoms with Crippen molar-refractivity contribution in [3.8, 4) is 11.5 Å². The predicted octanol–water partition coefficient (Wildman–Crippen LogP) is 2.31. The fourth-order valence-corrected chi connectivity index (χ4v) is 3.70. The third-order valence-electron chi connectivity index (χ3n) is 5.18. The van der Waals surface area contributed by atoms with E-state index in [-0.39, 0.29) is 49.3 Å². The maximum Gasteiger partial charge on any atom is 0.316 e. The summed E-state index contributed by atoms with van der Waals surface area (Å²) < 4.78 is 10.8. The SMILES string of the molecule is COc1ccccc1N1C[C@H](C(=O)Oc2cccc(N3C(=O)CCC3=O)c2)CC1=O. The zero-order valence-electron chi connectivity index (χ0n) is 16.4. The second-order valence-electron chi connectivity index (χ2n) is 7.12. The molecule has 0 N–H and O–H groups in total. The first-order valence-electron chi connectivity index (χ1n) is 9.59. The molecule has 0 spiro atoms. The highest BCUT2D eigenvalue weighted by Crippen LogP contribution is 2.33. The molecule has 0 radical (unpaired) electrons. The van der Waals surface area contributed by atoms with Gasteiger partial charge in [0, 0.05) is 31.9 Å². The summed E-state index contributed by atoms with van der Waals surface area (Å²) in [6.07, 6.45) is 0.372. The summed E-state index contributed by atoms with van der Waals surface area (Å²) in [4.78, 5) is 51.6. The van der Waals surface area contributed by atoms with Crippen LogP contribution in [0.15, 0.2) is 48.5 Å². The minimum absolute atomic E-state index is 0.0274.